The predicted octanol–water partition coefficient (Wildman–Crippen LogP) is 3.53. The topological polar surface area (TPSA) is 67.4 Å². The lowest BCUT2D eigenvalue weighted by atomic mass is 10.3. The average Bonchev–Trinajstić information content (AvgIpc) is 2.62. The first-order valence-corrected chi connectivity index (χ1v) is 8.65. The molecule has 0 aromatic heterocycles. The van der Waals surface area contributed by atoms with E-state index in [-0.39, 0.29) is 23.4 Å². The summed E-state index contributed by atoms with van der Waals surface area (Å²) in [4.78, 5) is 24.1. The van der Waals surface area contributed by atoms with Gasteiger partial charge in [0.2, 0.25) is 11.8 Å². The second-order valence-electron chi connectivity index (χ2n) is 5.20. The van der Waals surface area contributed by atoms with Gasteiger partial charge in [-0.2, -0.15) is 0 Å². The zero-order chi connectivity index (χ0) is 18.2. The van der Waals surface area contributed by atoms with E-state index in [1.807, 2.05) is 6.07 Å². The van der Waals surface area contributed by atoms with Crippen molar-refractivity contribution in [3.63, 3.8) is 0 Å². The number of ether oxygens (including phenoxy) is 1. The number of methoxy groups -OCH3 is 1. The Hall–Kier alpha value is -2.54. The zero-order valence-electron chi connectivity index (χ0n) is 13.9. The molecule has 0 heterocycles. The third-order valence-electron chi connectivity index (χ3n) is 3.33. The van der Waals surface area contributed by atoms with Crippen LogP contribution in [0.1, 0.15) is 6.92 Å². The number of amides is 2. The maximum atomic E-state index is 12.8. The Bertz CT molecular complexity index is 737. The van der Waals surface area contributed by atoms with E-state index >= 15 is 0 Å². The number of hydrogen-bond donors (Lipinski definition) is 2. The lowest BCUT2D eigenvalue weighted by Crippen LogP contribution is -2.25. The first kappa shape index (κ1) is 18.8. The first-order chi connectivity index (χ1) is 12.0. The molecule has 0 aliphatic rings. The van der Waals surface area contributed by atoms with Crippen LogP contribution in [0.3, 0.4) is 0 Å². The standard InChI is InChI=1S/C18H19FN2O3S/c1-12(18(23)21-15-5-3-4-6-16(15)24-2)25-11-17(22)20-14-9-7-13(19)8-10-14/h3-10,12H,11H2,1-2H3,(H,20,22)(H,21,23)/t12-/m0/s1. The van der Waals surface area contributed by atoms with E-state index in [1.165, 1.54) is 43.1 Å². The molecule has 2 N–H and O–H groups in total. The van der Waals surface area contributed by atoms with Crippen LogP contribution in [0, 0.1) is 5.82 Å². The molecule has 2 amide bonds. The number of carbonyl (C=O) groups is 2. The minimum absolute atomic E-state index is 0.109. The van der Waals surface area contributed by atoms with Gasteiger partial charge in [0.05, 0.1) is 23.8 Å². The van der Waals surface area contributed by atoms with Gasteiger partial charge in [0.15, 0.2) is 0 Å². The highest BCUT2D eigenvalue weighted by atomic mass is 32.2. The second kappa shape index (κ2) is 9.08. The lowest BCUT2D eigenvalue weighted by molar-refractivity contribution is -0.115. The molecule has 132 valence electrons. The van der Waals surface area contributed by atoms with E-state index < -0.39 is 5.25 Å². The second-order valence-corrected chi connectivity index (χ2v) is 6.53. The maximum Gasteiger partial charge on any atom is 0.237 e. The van der Waals surface area contributed by atoms with E-state index in [9.17, 15) is 14.0 Å². The molecule has 0 unspecified atom stereocenters. The molecule has 2 aromatic carbocycles. The number of thioether (sulfide) groups is 1. The molecule has 0 radical (unpaired) electrons. The summed E-state index contributed by atoms with van der Waals surface area (Å²) >= 11 is 1.21. The molecule has 0 bridgehead atoms. The molecule has 0 aliphatic heterocycles. The number of hydrogen-bond acceptors (Lipinski definition) is 4. The Labute approximate surface area is 150 Å². The van der Waals surface area contributed by atoms with Crippen molar-refractivity contribution >= 4 is 35.0 Å². The van der Waals surface area contributed by atoms with E-state index in [0.29, 0.717) is 17.1 Å². The fraction of sp³-hybridized carbons (Fsp3) is 0.222. The van der Waals surface area contributed by atoms with Crippen molar-refractivity contribution in [2.24, 2.45) is 0 Å². The summed E-state index contributed by atoms with van der Waals surface area (Å²) < 4.78 is 18.0. The quantitative estimate of drug-likeness (QED) is 0.791. The van der Waals surface area contributed by atoms with E-state index in [2.05, 4.69) is 10.6 Å². The molecule has 0 saturated carbocycles. The smallest absolute Gasteiger partial charge is 0.237 e. The minimum Gasteiger partial charge on any atom is -0.495 e. The minimum atomic E-state index is -0.427. The molecule has 7 heteroatoms. The molecule has 2 rings (SSSR count). The maximum absolute atomic E-state index is 12.8. The van der Waals surface area contributed by atoms with Crippen LogP contribution in [0.15, 0.2) is 48.5 Å². The molecule has 0 saturated heterocycles. The number of benzene rings is 2. The summed E-state index contributed by atoms with van der Waals surface area (Å²) in [7, 11) is 1.53. The van der Waals surface area contributed by atoms with Gasteiger partial charge in [-0.25, -0.2) is 4.39 Å². The SMILES string of the molecule is COc1ccccc1NC(=O)[C@H](C)SCC(=O)Nc1ccc(F)cc1. The fourth-order valence-electron chi connectivity index (χ4n) is 1.99. The molecular weight excluding hydrogens is 343 g/mol. The van der Waals surface area contributed by atoms with Crippen molar-refractivity contribution in [2.45, 2.75) is 12.2 Å². The van der Waals surface area contributed by atoms with Gasteiger partial charge >= 0.3 is 0 Å². The predicted molar refractivity (Wildman–Crippen MR) is 98.6 cm³/mol. The summed E-state index contributed by atoms with van der Waals surface area (Å²) in [6, 6.07) is 12.6. The van der Waals surface area contributed by atoms with Crippen LogP contribution in [0.25, 0.3) is 0 Å². The Morgan fingerprint density at radius 3 is 2.48 bits per heavy atom. The van der Waals surface area contributed by atoms with Crippen molar-refractivity contribution in [1.82, 2.24) is 0 Å². The van der Waals surface area contributed by atoms with Crippen LogP contribution in [0.2, 0.25) is 0 Å². The normalized spacial score (nSPS) is 11.5. The van der Waals surface area contributed by atoms with Crippen molar-refractivity contribution < 1.29 is 18.7 Å². The lowest BCUT2D eigenvalue weighted by Gasteiger charge is -2.14. The van der Waals surface area contributed by atoms with Crippen LogP contribution >= 0.6 is 11.8 Å². The molecule has 5 nitrogen and oxygen atoms in total. The van der Waals surface area contributed by atoms with Crippen molar-refractivity contribution in [2.75, 3.05) is 23.5 Å². The van der Waals surface area contributed by atoms with Crippen molar-refractivity contribution in [3.05, 3.63) is 54.3 Å². The van der Waals surface area contributed by atoms with Crippen LogP contribution < -0.4 is 15.4 Å². The third kappa shape index (κ3) is 5.79. The largest absolute Gasteiger partial charge is 0.495 e. The van der Waals surface area contributed by atoms with Crippen molar-refractivity contribution in [1.29, 1.82) is 0 Å². The summed E-state index contributed by atoms with van der Waals surface area (Å²) in [5, 5.41) is 5.01. The number of anilines is 2. The molecule has 1 atom stereocenters. The molecule has 0 fully saturated rings. The number of halogens is 1. The Balaban J connectivity index is 1.82. The summed E-state index contributed by atoms with van der Waals surface area (Å²) in [5.74, 6) is -0.161. The highest BCUT2D eigenvalue weighted by molar-refractivity contribution is 8.01. The highest BCUT2D eigenvalue weighted by Crippen LogP contribution is 2.24. The van der Waals surface area contributed by atoms with Crippen LogP contribution in [-0.2, 0) is 9.59 Å². The third-order valence-corrected chi connectivity index (χ3v) is 4.47. The van der Waals surface area contributed by atoms with Gasteiger partial charge < -0.3 is 15.4 Å². The van der Waals surface area contributed by atoms with Crippen molar-refractivity contribution in [3.8, 4) is 5.75 Å². The summed E-state index contributed by atoms with van der Waals surface area (Å²) in [6.45, 7) is 1.72. The number of nitrogens with one attached hydrogen (secondary N) is 2. The van der Waals surface area contributed by atoms with Gasteiger partial charge in [-0.05, 0) is 43.3 Å². The Morgan fingerprint density at radius 2 is 1.80 bits per heavy atom. The number of para-hydroxylation sites is 2. The van der Waals surface area contributed by atoms with Crippen LogP contribution in [0.5, 0.6) is 5.75 Å². The van der Waals surface area contributed by atoms with Gasteiger partial charge in [-0.1, -0.05) is 12.1 Å². The Kier molecular flexibility index (Phi) is 6.82. The van der Waals surface area contributed by atoms with Gasteiger partial charge in [-0.15, -0.1) is 11.8 Å². The van der Waals surface area contributed by atoms with Gasteiger partial charge in [0, 0.05) is 5.69 Å². The van der Waals surface area contributed by atoms with Crippen LogP contribution in [0.4, 0.5) is 15.8 Å². The Morgan fingerprint density at radius 1 is 1.12 bits per heavy atom. The molecular formula is C18H19FN2O3S. The zero-order valence-corrected chi connectivity index (χ0v) is 14.7. The van der Waals surface area contributed by atoms with Gasteiger partial charge in [0.25, 0.3) is 0 Å². The first-order valence-electron chi connectivity index (χ1n) is 7.60. The van der Waals surface area contributed by atoms with E-state index in [4.69, 9.17) is 4.74 Å². The fourth-order valence-corrected chi connectivity index (χ4v) is 2.67. The van der Waals surface area contributed by atoms with E-state index in [0.717, 1.165) is 0 Å². The molecule has 0 aliphatic carbocycles. The highest BCUT2D eigenvalue weighted by Gasteiger charge is 2.17. The number of rotatable bonds is 7. The van der Waals surface area contributed by atoms with Crippen LogP contribution in [-0.4, -0.2) is 29.9 Å². The molecule has 0 spiro atoms. The van der Waals surface area contributed by atoms with Gasteiger partial charge in [-0.3, -0.25) is 9.59 Å². The molecule has 2 aromatic rings. The molecule has 25 heavy (non-hydrogen) atoms. The van der Waals surface area contributed by atoms with Gasteiger partial charge in [0.1, 0.15) is 11.6 Å². The average molecular weight is 362 g/mol. The summed E-state index contributed by atoms with van der Waals surface area (Å²) in [5.41, 5.74) is 1.09. The number of carbonyl (C=O) groups excluding carboxylic acids is 2. The van der Waals surface area contributed by atoms with E-state index in [1.54, 1.807) is 25.1 Å². The summed E-state index contributed by atoms with van der Waals surface area (Å²) in [6.07, 6.45) is 0. The monoisotopic (exact) mass is 362 g/mol.